The number of thiophene rings is 1. The Morgan fingerprint density at radius 1 is 1.33 bits per heavy atom. The Morgan fingerprint density at radius 2 is 2.29 bits per heavy atom. The molecular weight excluding hydrogens is 286 g/mol. The van der Waals surface area contributed by atoms with Gasteiger partial charge in [0.2, 0.25) is 0 Å². The van der Waals surface area contributed by atoms with Crippen molar-refractivity contribution in [1.82, 2.24) is 20.2 Å². The molecule has 0 unspecified atom stereocenters. The number of hydrogen-bond donors (Lipinski definition) is 1. The molecule has 0 aliphatic carbocycles. The first-order valence-electron chi connectivity index (χ1n) is 7.30. The van der Waals surface area contributed by atoms with E-state index in [1.807, 2.05) is 11.0 Å². The molecule has 0 saturated carbocycles. The molecule has 2 aliphatic rings. The number of piperidine rings is 1. The molecule has 2 saturated heterocycles. The molecule has 7 heteroatoms. The minimum atomic E-state index is 0.0748. The fraction of sp³-hybridized carbons (Fsp3) is 0.500. The number of amides is 2. The molecular formula is C14H17N5OS. The Labute approximate surface area is 126 Å². The Balaban J connectivity index is 1.60. The number of nitrogens with zero attached hydrogens (tertiary/aromatic N) is 4. The van der Waals surface area contributed by atoms with Crippen LogP contribution < -0.4 is 10.2 Å². The summed E-state index contributed by atoms with van der Waals surface area (Å²) in [4.78, 5) is 24.9. The van der Waals surface area contributed by atoms with Gasteiger partial charge < -0.3 is 15.1 Å². The first kappa shape index (κ1) is 12.8. The number of carbonyl (C=O) groups excluding carboxylic acids is 1. The van der Waals surface area contributed by atoms with Gasteiger partial charge in [0.05, 0.1) is 16.3 Å². The first-order valence-corrected chi connectivity index (χ1v) is 8.18. The topological polar surface area (TPSA) is 61.4 Å². The average molecular weight is 303 g/mol. The summed E-state index contributed by atoms with van der Waals surface area (Å²) in [6.45, 7) is 3.43. The number of rotatable bonds is 2. The van der Waals surface area contributed by atoms with Crippen LogP contribution in [0.3, 0.4) is 0 Å². The zero-order valence-electron chi connectivity index (χ0n) is 11.7. The molecule has 0 radical (unpaired) electrons. The third kappa shape index (κ3) is 2.21. The summed E-state index contributed by atoms with van der Waals surface area (Å²) in [5.74, 6) is 1.01. The molecule has 4 heterocycles. The number of urea groups is 1. The van der Waals surface area contributed by atoms with E-state index in [1.54, 1.807) is 17.7 Å². The van der Waals surface area contributed by atoms with Gasteiger partial charge in [-0.25, -0.2) is 14.8 Å². The fourth-order valence-corrected chi connectivity index (χ4v) is 4.10. The van der Waals surface area contributed by atoms with Crippen LogP contribution in [0.1, 0.15) is 12.8 Å². The Morgan fingerprint density at radius 3 is 3.14 bits per heavy atom. The van der Waals surface area contributed by atoms with Crippen LogP contribution in [0.15, 0.2) is 17.8 Å². The van der Waals surface area contributed by atoms with E-state index in [0.717, 1.165) is 55.1 Å². The molecule has 1 atom stereocenters. The number of fused-ring (bicyclic) bond motifs is 1. The molecule has 110 valence electrons. The molecule has 6 nitrogen and oxygen atoms in total. The summed E-state index contributed by atoms with van der Waals surface area (Å²) >= 11 is 1.68. The van der Waals surface area contributed by atoms with E-state index in [-0.39, 0.29) is 12.1 Å². The molecule has 0 spiro atoms. The van der Waals surface area contributed by atoms with Crippen molar-refractivity contribution in [3.63, 3.8) is 0 Å². The van der Waals surface area contributed by atoms with Crippen LogP contribution in [-0.2, 0) is 0 Å². The van der Waals surface area contributed by atoms with Gasteiger partial charge in [-0.3, -0.25) is 0 Å². The third-order valence-electron chi connectivity index (χ3n) is 4.25. The predicted octanol–water partition coefficient (Wildman–Crippen LogP) is 1.69. The lowest BCUT2D eigenvalue weighted by atomic mass is 10.0. The number of aromatic nitrogens is 2. The summed E-state index contributed by atoms with van der Waals surface area (Å²) < 4.78 is 1.14. The highest BCUT2D eigenvalue weighted by atomic mass is 32.1. The van der Waals surface area contributed by atoms with Crippen molar-refractivity contribution in [2.24, 2.45) is 0 Å². The second-order valence-electron chi connectivity index (χ2n) is 5.50. The van der Waals surface area contributed by atoms with E-state index in [9.17, 15) is 4.79 Å². The van der Waals surface area contributed by atoms with E-state index in [4.69, 9.17) is 0 Å². The van der Waals surface area contributed by atoms with Crippen molar-refractivity contribution in [1.29, 1.82) is 0 Å². The van der Waals surface area contributed by atoms with Gasteiger partial charge in [-0.2, -0.15) is 0 Å². The van der Waals surface area contributed by atoms with Crippen molar-refractivity contribution in [3.8, 4) is 0 Å². The van der Waals surface area contributed by atoms with Gasteiger partial charge in [-0.15, -0.1) is 11.3 Å². The zero-order chi connectivity index (χ0) is 14.2. The van der Waals surface area contributed by atoms with Crippen LogP contribution in [0, 0.1) is 0 Å². The van der Waals surface area contributed by atoms with E-state index in [2.05, 4.69) is 25.6 Å². The maximum Gasteiger partial charge on any atom is 0.317 e. The van der Waals surface area contributed by atoms with Crippen molar-refractivity contribution in [2.75, 3.05) is 31.1 Å². The van der Waals surface area contributed by atoms with Crippen LogP contribution in [0.2, 0.25) is 0 Å². The summed E-state index contributed by atoms with van der Waals surface area (Å²) in [5.41, 5.74) is 1.01. The third-order valence-corrected chi connectivity index (χ3v) is 5.15. The maximum absolute atomic E-state index is 11.9. The Hall–Kier alpha value is -1.89. The van der Waals surface area contributed by atoms with Crippen LogP contribution in [0.4, 0.5) is 10.6 Å². The lowest BCUT2D eigenvalue weighted by Crippen LogP contribution is -2.49. The molecule has 2 aromatic rings. The van der Waals surface area contributed by atoms with Gasteiger partial charge in [-0.1, -0.05) is 0 Å². The molecule has 21 heavy (non-hydrogen) atoms. The predicted molar refractivity (Wildman–Crippen MR) is 82.8 cm³/mol. The molecule has 2 aromatic heterocycles. The first-order chi connectivity index (χ1) is 10.3. The highest BCUT2D eigenvalue weighted by molar-refractivity contribution is 7.17. The quantitative estimate of drug-likeness (QED) is 0.917. The van der Waals surface area contributed by atoms with Gasteiger partial charge in [0.1, 0.15) is 12.1 Å². The van der Waals surface area contributed by atoms with E-state index >= 15 is 0 Å². The van der Waals surface area contributed by atoms with E-state index in [1.165, 1.54) is 0 Å². The molecule has 2 aliphatic heterocycles. The molecule has 2 amide bonds. The van der Waals surface area contributed by atoms with Crippen molar-refractivity contribution in [3.05, 3.63) is 17.8 Å². The van der Waals surface area contributed by atoms with Crippen molar-refractivity contribution < 1.29 is 4.79 Å². The summed E-state index contributed by atoms with van der Waals surface area (Å²) in [6.07, 6.45) is 3.80. The lowest BCUT2D eigenvalue weighted by molar-refractivity contribution is 0.189. The summed E-state index contributed by atoms with van der Waals surface area (Å²) in [7, 11) is 0. The largest absolute Gasteiger partial charge is 0.353 e. The SMILES string of the molecule is O=C1NCCN1[C@H]1CCCN(c2ncnc3ccsc23)C1. The maximum atomic E-state index is 11.9. The smallest absolute Gasteiger partial charge is 0.317 e. The molecule has 0 bridgehead atoms. The standard InChI is InChI=1S/C14H17N5OS/c20-14-15-4-6-19(14)10-2-1-5-18(8-10)13-12-11(3-7-21-12)16-9-17-13/h3,7,9-10H,1-2,4-6,8H2,(H,15,20)/t10-/m0/s1. The Kier molecular flexibility index (Phi) is 3.14. The van der Waals surface area contributed by atoms with Gasteiger partial charge in [-0.05, 0) is 24.3 Å². The summed E-state index contributed by atoms with van der Waals surface area (Å²) in [6, 6.07) is 2.39. The van der Waals surface area contributed by atoms with E-state index in [0.29, 0.717) is 0 Å². The highest BCUT2D eigenvalue weighted by Crippen LogP contribution is 2.30. The van der Waals surface area contributed by atoms with Gasteiger partial charge in [0.25, 0.3) is 0 Å². The number of anilines is 1. The second-order valence-corrected chi connectivity index (χ2v) is 6.42. The number of carbonyl (C=O) groups is 1. The van der Waals surface area contributed by atoms with Crippen LogP contribution in [0.5, 0.6) is 0 Å². The molecule has 1 N–H and O–H groups in total. The molecule has 4 rings (SSSR count). The zero-order valence-corrected chi connectivity index (χ0v) is 12.5. The number of hydrogen-bond acceptors (Lipinski definition) is 5. The average Bonchev–Trinajstić information content (AvgIpc) is 3.15. The molecule has 2 fully saturated rings. The van der Waals surface area contributed by atoms with Gasteiger partial charge >= 0.3 is 6.03 Å². The fourth-order valence-electron chi connectivity index (χ4n) is 3.24. The van der Waals surface area contributed by atoms with Crippen LogP contribution >= 0.6 is 11.3 Å². The minimum Gasteiger partial charge on any atom is -0.353 e. The minimum absolute atomic E-state index is 0.0748. The summed E-state index contributed by atoms with van der Waals surface area (Å²) in [5, 5.41) is 4.95. The van der Waals surface area contributed by atoms with Crippen LogP contribution in [0.25, 0.3) is 10.2 Å². The van der Waals surface area contributed by atoms with Crippen LogP contribution in [-0.4, -0.2) is 53.1 Å². The number of nitrogens with one attached hydrogen (secondary N) is 1. The highest BCUT2D eigenvalue weighted by Gasteiger charge is 2.32. The van der Waals surface area contributed by atoms with Crippen molar-refractivity contribution >= 4 is 33.4 Å². The second kappa shape index (κ2) is 5.14. The van der Waals surface area contributed by atoms with E-state index < -0.39 is 0 Å². The van der Waals surface area contributed by atoms with Crippen molar-refractivity contribution in [2.45, 2.75) is 18.9 Å². The Bertz CT molecular complexity index is 672. The van der Waals surface area contributed by atoms with Gasteiger partial charge in [0.15, 0.2) is 0 Å². The monoisotopic (exact) mass is 303 g/mol. The van der Waals surface area contributed by atoms with Gasteiger partial charge in [0, 0.05) is 26.2 Å². The lowest BCUT2D eigenvalue weighted by Gasteiger charge is -2.37. The molecule has 0 aromatic carbocycles. The normalized spacial score (nSPS) is 22.9.